The number of nitrogens with one attached hydrogen (secondary N) is 1. The molecule has 4 nitrogen and oxygen atoms in total. The molecule has 0 aliphatic heterocycles. The zero-order valence-electron chi connectivity index (χ0n) is 9.88. The molecule has 3 rings (SSSR count). The first-order valence-electron chi connectivity index (χ1n) is 5.83. The Labute approximate surface area is 105 Å². The molecule has 1 aromatic carbocycles. The standard InChI is InChI=1S/C14H14N4/c15-17-14-12-7-9-18(13(12)6-8-16-14)10-11-4-2-1-3-5-11/h1-9H,10,15H2,(H,16,17). The number of nitrogen functional groups attached to an aromatic ring is 1. The third-order valence-electron chi connectivity index (χ3n) is 3.03. The second-order valence-electron chi connectivity index (χ2n) is 4.17. The largest absolute Gasteiger partial charge is 0.343 e. The van der Waals surface area contributed by atoms with Gasteiger partial charge in [-0.25, -0.2) is 10.8 Å². The van der Waals surface area contributed by atoms with Gasteiger partial charge in [0, 0.05) is 24.3 Å². The second-order valence-corrected chi connectivity index (χ2v) is 4.17. The average Bonchev–Trinajstić information content (AvgIpc) is 2.83. The van der Waals surface area contributed by atoms with Crippen molar-refractivity contribution in [2.75, 3.05) is 5.43 Å². The van der Waals surface area contributed by atoms with E-state index in [4.69, 9.17) is 5.84 Å². The minimum atomic E-state index is 0.708. The van der Waals surface area contributed by atoms with Gasteiger partial charge in [0.2, 0.25) is 0 Å². The molecule has 90 valence electrons. The highest BCUT2D eigenvalue weighted by Crippen LogP contribution is 2.22. The van der Waals surface area contributed by atoms with Gasteiger partial charge >= 0.3 is 0 Å². The molecule has 0 radical (unpaired) electrons. The number of aromatic nitrogens is 2. The summed E-state index contributed by atoms with van der Waals surface area (Å²) >= 11 is 0. The summed E-state index contributed by atoms with van der Waals surface area (Å²) in [5, 5.41) is 1.04. The van der Waals surface area contributed by atoms with Gasteiger partial charge < -0.3 is 9.99 Å². The van der Waals surface area contributed by atoms with Crippen LogP contribution in [0.5, 0.6) is 0 Å². The quantitative estimate of drug-likeness (QED) is 0.544. The van der Waals surface area contributed by atoms with E-state index in [0.29, 0.717) is 5.82 Å². The molecule has 2 aromatic heterocycles. The highest BCUT2D eigenvalue weighted by atomic mass is 15.2. The lowest BCUT2D eigenvalue weighted by Gasteiger charge is -2.06. The Kier molecular flexibility index (Phi) is 2.70. The number of anilines is 1. The maximum absolute atomic E-state index is 5.46. The number of hydrogen-bond donors (Lipinski definition) is 2. The Morgan fingerprint density at radius 1 is 1.11 bits per heavy atom. The lowest BCUT2D eigenvalue weighted by molar-refractivity contribution is 0.836. The minimum absolute atomic E-state index is 0.708. The Balaban J connectivity index is 2.03. The van der Waals surface area contributed by atoms with Crippen molar-refractivity contribution < 1.29 is 0 Å². The Morgan fingerprint density at radius 2 is 1.94 bits per heavy atom. The normalized spacial score (nSPS) is 10.7. The van der Waals surface area contributed by atoms with Crippen LogP contribution in [-0.2, 0) is 6.54 Å². The predicted octanol–water partition coefficient (Wildman–Crippen LogP) is 2.37. The van der Waals surface area contributed by atoms with E-state index < -0.39 is 0 Å². The van der Waals surface area contributed by atoms with Crippen LogP contribution in [0.25, 0.3) is 10.9 Å². The molecule has 4 heteroatoms. The Hall–Kier alpha value is -2.33. The summed E-state index contributed by atoms with van der Waals surface area (Å²) in [5.74, 6) is 6.16. The van der Waals surface area contributed by atoms with E-state index in [1.54, 1.807) is 6.20 Å². The maximum Gasteiger partial charge on any atom is 0.149 e. The van der Waals surface area contributed by atoms with Crippen molar-refractivity contribution in [1.29, 1.82) is 0 Å². The van der Waals surface area contributed by atoms with Gasteiger partial charge in [0.05, 0.1) is 5.52 Å². The highest BCUT2D eigenvalue weighted by Gasteiger charge is 2.05. The van der Waals surface area contributed by atoms with Crippen LogP contribution >= 0.6 is 0 Å². The van der Waals surface area contributed by atoms with E-state index in [1.807, 2.05) is 18.2 Å². The number of pyridine rings is 1. The first kappa shape index (κ1) is 10.8. The molecule has 0 unspecified atom stereocenters. The number of fused-ring (bicyclic) bond motifs is 1. The molecular formula is C14H14N4. The zero-order chi connectivity index (χ0) is 12.4. The van der Waals surface area contributed by atoms with E-state index in [0.717, 1.165) is 17.4 Å². The number of rotatable bonds is 3. The van der Waals surface area contributed by atoms with Gasteiger partial charge in [-0.15, -0.1) is 0 Å². The van der Waals surface area contributed by atoms with Gasteiger partial charge in [0.15, 0.2) is 0 Å². The van der Waals surface area contributed by atoms with Gasteiger partial charge in [0.25, 0.3) is 0 Å². The summed E-state index contributed by atoms with van der Waals surface area (Å²) in [5.41, 5.74) is 5.02. The smallest absolute Gasteiger partial charge is 0.149 e. The van der Waals surface area contributed by atoms with Crippen molar-refractivity contribution in [1.82, 2.24) is 9.55 Å². The summed E-state index contributed by atoms with van der Waals surface area (Å²) in [6, 6.07) is 14.4. The summed E-state index contributed by atoms with van der Waals surface area (Å²) in [6.45, 7) is 0.846. The van der Waals surface area contributed by atoms with Crippen LogP contribution in [-0.4, -0.2) is 9.55 Å². The van der Waals surface area contributed by atoms with E-state index in [9.17, 15) is 0 Å². The van der Waals surface area contributed by atoms with E-state index in [2.05, 4.69) is 45.4 Å². The number of benzene rings is 1. The molecule has 0 bridgehead atoms. The van der Waals surface area contributed by atoms with Crippen molar-refractivity contribution in [2.24, 2.45) is 5.84 Å². The van der Waals surface area contributed by atoms with Crippen molar-refractivity contribution in [3.8, 4) is 0 Å². The van der Waals surface area contributed by atoms with Crippen LogP contribution in [0.4, 0.5) is 5.82 Å². The molecule has 0 spiro atoms. The fraction of sp³-hybridized carbons (Fsp3) is 0.0714. The van der Waals surface area contributed by atoms with Gasteiger partial charge in [0.1, 0.15) is 5.82 Å². The van der Waals surface area contributed by atoms with Gasteiger partial charge in [-0.2, -0.15) is 0 Å². The van der Waals surface area contributed by atoms with E-state index in [1.165, 1.54) is 5.56 Å². The monoisotopic (exact) mass is 238 g/mol. The van der Waals surface area contributed by atoms with Crippen LogP contribution in [0.2, 0.25) is 0 Å². The van der Waals surface area contributed by atoms with Gasteiger partial charge in [-0.3, -0.25) is 0 Å². The number of nitrogens with zero attached hydrogens (tertiary/aromatic N) is 2. The Bertz CT molecular complexity index is 658. The molecule has 0 aliphatic carbocycles. The first-order chi connectivity index (χ1) is 8.88. The van der Waals surface area contributed by atoms with Gasteiger partial charge in [-0.1, -0.05) is 30.3 Å². The SMILES string of the molecule is NNc1nccc2c1ccn2Cc1ccccc1. The maximum atomic E-state index is 5.46. The summed E-state index contributed by atoms with van der Waals surface area (Å²) in [4.78, 5) is 4.20. The van der Waals surface area contributed by atoms with Crippen molar-refractivity contribution >= 4 is 16.7 Å². The number of hydrazine groups is 1. The number of hydrogen-bond acceptors (Lipinski definition) is 3. The van der Waals surface area contributed by atoms with Crippen LogP contribution in [0.1, 0.15) is 5.56 Å². The molecule has 2 heterocycles. The third kappa shape index (κ3) is 1.83. The van der Waals surface area contributed by atoms with Gasteiger partial charge in [-0.05, 0) is 17.7 Å². The predicted molar refractivity (Wildman–Crippen MR) is 73.1 cm³/mol. The topological polar surface area (TPSA) is 55.9 Å². The molecule has 0 aliphatic rings. The number of nitrogens with two attached hydrogens (primary N) is 1. The highest BCUT2D eigenvalue weighted by molar-refractivity contribution is 5.89. The van der Waals surface area contributed by atoms with E-state index >= 15 is 0 Å². The lowest BCUT2D eigenvalue weighted by atomic mass is 10.2. The molecule has 3 aromatic rings. The molecule has 0 atom stereocenters. The van der Waals surface area contributed by atoms with Crippen molar-refractivity contribution in [3.63, 3.8) is 0 Å². The fourth-order valence-corrected chi connectivity index (χ4v) is 2.16. The van der Waals surface area contributed by atoms with Crippen molar-refractivity contribution in [2.45, 2.75) is 6.54 Å². The molecule has 18 heavy (non-hydrogen) atoms. The van der Waals surface area contributed by atoms with Crippen LogP contribution in [0, 0.1) is 0 Å². The third-order valence-corrected chi connectivity index (χ3v) is 3.03. The Morgan fingerprint density at radius 3 is 2.72 bits per heavy atom. The minimum Gasteiger partial charge on any atom is -0.343 e. The lowest BCUT2D eigenvalue weighted by Crippen LogP contribution is -2.08. The molecule has 0 saturated heterocycles. The summed E-state index contributed by atoms with van der Waals surface area (Å²) < 4.78 is 2.19. The van der Waals surface area contributed by atoms with Crippen LogP contribution in [0.3, 0.4) is 0 Å². The summed E-state index contributed by atoms with van der Waals surface area (Å²) in [6.07, 6.45) is 3.82. The fourth-order valence-electron chi connectivity index (χ4n) is 2.16. The molecule has 0 fully saturated rings. The zero-order valence-corrected chi connectivity index (χ0v) is 9.88. The average molecular weight is 238 g/mol. The van der Waals surface area contributed by atoms with Crippen LogP contribution in [0.15, 0.2) is 54.9 Å². The molecule has 3 N–H and O–H groups in total. The van der Waals surface area contributed by atoms with E-state index in [-0.39, 0.29) is 0 Å². The molecule has 0 saturated carbocycles. The molecular weight excluding hydrogens is 224 g/mol. The second kappa shape index (κ2) is 4.50. The molecule has 0 amide bonds. The van der Waals surface area contributed by atoms with Crippen LogP contribution < -0.4 is 11.3 Å². The first-order valence-corrected chi connectivity index (χ1v) is 5.83. The summed E-state index contributed by atoms with van der Waals surface area (Å²) in [7, 11) is 0. The van der Waals surface area contributed by atoms with Crippen molar-refractivity contribution in [3.05, 3.63) is 60.4 Å².